The van der Waals surface area contributed by atoms with Gasteiger partial charge in [-0.05, 0) is 54.4 Å². The van der Waals surface area contributed by atoms with Crippen LogP contribution in [0, 0.1) is 17.2 Å². The number of imidazole rings is 1. The quantitative estimate of drug-likeness (QED) is 0.728. The number of nitrogens with zero attached hydrogens (tertiary/aromatic N) is 4. The maximum Gasteiger partial charge on any atom is 0.252 e. The number of piperidine rings is 1. The molecule has 3 heterocycles. The van der Waals surface area contributed by atoms with Crippen LogP contribution in [0.5, 0.6) is 0 Å². The number of nitrogens with two attached hydrogens (primary N) is 1. The van der Waals surface area contributed by atoms with Crippen molar-refractivity contribution in [2.24, 2.45) is 11.7 Å². The highest BCUT2D eigenvalue weighted by atomic mass is 16.1. The number of hydrogen-bond acceptors (Lipinski definition) is 4. The van der Waals surface area contributed by atoms with Crippen LogP contribution in [0.4, 0.5) is 5.82 Å². The van der Waals surface area contributed by atoms with Crippen molar-refractivity contribution in [1.82, 2.24) is 9.38 Å². The molecule has 0 radical (unpaired) electrons. The minimum atomic E-state index is -0.411. The molecule has 6 nitrogen and oxygen atoms in total. The number of fused-ring (bicyclic) bond motifs is 4. The second kappa shape index (κ2) is 6.21. The van der Waals surface area contributed by atoms with E-state index in [1.807, 2.05) is 18.2 Å². The molecule has 2 aliphatic rings. The van der Waals surface area contributed by atoms with Gasteiger partial charge in [0.2, 0.25) is 0 Å². The van der Waals surface area contributed by atoms with Gasteiger partial charge < -0.3 is 10.6 Å². The highest BCUT2D eigenvalue weighted by Gasteiger charge is 2.40. The Labute approximate surface area is 169 Å². The fraction of sp³-hybridized carbons (Fsp3) is 0.435. The third kappa shape index (κ3) is 2.53. The monoisotopic (exact) mass is 387 g/mol. The standard InChI is InChI=1S/C23H25N5O/c1-23(2)10-7-15-19(23)18(20(25)29)21-26-16-5-3-4-6-17(16)28(21)22(15)27-11-8-14(13-24)9-12-27/h3-6,14H,7-12H2,1-2H3,(H2,25,29). The summed E-state index contributed by atoms with van der Waals surface area (Å²) in [5.74, 6) is 0.845. The fourth-order valence-corrected chi connectivity index (χ4v) is 5.25. The summed E-state index contributed by atoms with van der Waals surface area (Å²) in [6.45, 7) is 6.05. The van der Waals surface area contributed by atoms with E-state index in [1.54, 1.807) is 0 Å². The highest BCUT2D eigenvalue weighted by molar-refractivity contribution is 6.04. The molecule has 0 spiro atoms. The Morgan fingerprint density at radius 1 is 1.28 bits per heavy atom. The molecule has 6 heteroatoms. The number of carbonyl (C=O) groups excluding carboxylic acids is 1. The van der Waals surface area contributed by atoms with Crippen LogP contribution in [0.25, 0.3) is 16.7 Å². The molecular weight excluding hydrogens is 362 g/mol. The molecule has 0 atom stereocenters. The van der Waals surface area contributed by atoms with E-state index in [0.29, 0.717) is 11.2 Å². The first-order chi connectivity index (χ1) is 13.9. The predicted molar refractivity (Wildman–Crippen MR) is 113 cm³/mol. The lowest BCUT2D eigenvalue weighted by atomic mass is 9.83. The summed E-state index contributed by atoms with van der Waals surface area (Å²) in [5.41, 5.74) is 11.2. The smallest absolute Gasteiger partial charge is 0.252 e. The fourth-order valence-electron chi connectivity index (χ4n) is 5.25. The van der Waals surface area contributed by atoms with E-state index in [-0.39, 0.29) is 11.3 Å². The molecule has 0 saturated carbocycles. The average Bonchev–Trinajstić information content (AvgIpc) is 3.24. The van der Waals surface area contributed by atoms with Crippen molar-refractivity contribution >= 4 is 28.4 Å². The summed E-state index contributed by atoms with van der Waals surface area (Å²) in [4.78, 5) is 19.9. The Hall–Kier alpha value is -3.07. The minimum absolute atomic E-state index is 0.121. The summed E-state index contributed by atoms with van der Waals surface area (Å²) in [7, 11) is 0. The van der Waals surface area contributed by atoms with Gasteiger partial charge in [-0.25, -0.2) is 4.98 Å². The summed E-state index contributed by atoms with van der Waals surface area (Å²) in [6, 6.07) is 10.4. The van der Waals surface area contributed by atoms with Crippen molar-refractivity contribution in [3.8, 4) is 6.07 Å². The SMILES string of the molecule is CC1(C)CCc2c1c(C(N)=O)c1nc3ccccc3n1c2N1CCC(C#N)CC1. The van der Waals surface area contributed by atoms with Crippen molar-refractivity contribution < 1.29 is 4.79 Å². The molecule has 0 bridgehead atoms. The highest BCUT2D eigenvalue weighted by Crippen LogP contribution is 2.47. The van der Waals surface area contributed by atoms with Gasteiger partial charge in [0, 0.05) is 19.0 Å². The Morgan fingerprint density at radius 3 is 2.69 bits per heavy atom. The maximum atomic E-state index is 12.6. The van der Waals surface area contributed by atoms with E-state index in [2.05, 4.69) is 35.3 Å². The van der Waals surface area contributed by atoms with Gasteiger partial charge in [-0.3, -0.25) is 9.20 Å². The third-order valence-corrected chi connectivity index (χ3v) is 6.72. The van der Waals surface area contributed by atoms with Crippen LogP contribution in [-0.4, -0.2) is 28.4 Å². The van der Waals surface area contributed by atoms with Gasteiger partial charge in [0.1, 0.15) is 5.82 Å². The molecule has 2 N–H and O–H groups in total. The van der Waals surface area contributed by atoms with E-state index in [4.69, 9.17) is 10.7 Å². The number of primary amides is 1. The normalized spacial score (nSPS) is 18.9. The van der Waals surface area contributed by atoms with Crippen LogP contribution in [-0.2, 0) is 11.8 Å². The molecule has 2 aromatic heterocycles. The summed E-state index contributed by atoms with van der Waals surface area (Å²) < 4.78 is 2.14. The third-order valence-electron chi connectivity index (χ3n) is 6.72. The molecule has 1 saturated heterocycles. The predicted octanol–water partition coefficient (Wildman–Crippen LogP) is 3.55. The van der Waals surface area contributed by atoms with Gasteiger partial charge in [-0.1, -0.05) is 26.0 Å². The number of para-hydroxylation sites is 2. The topological polar surface area (TPSA) is 87.4 Å². The number of benzene rings is 1. The number of pyridine rings is 1. The van der Waals surface area contributed by atoms with Crippen LogP contribution >= 0.6 is 0 Å². The van der Waals surface area contributed by atoms with Crippen LogP contribution in [0.15, 0.2) is 24.3 Å². The van der Waals surface area contributed by atoms with Crippen molar-refractivity contribution in [1.29, 1.82) is 5.26 Å². The van der Waals surface area contributed by atoms with Crippen LogP contribution in [0.1, 0.15) is 54.6 Å². The molecule has 1 aliphatic carbocycles. The van der Waals surface area contributed by atoms with Crippen LogP contribution in [0.3, 0.4) is 0 Å². The molecule has 0 unspecified atom stereocenters. The number of carbonyl (C=O) groups is 1. The number of nitriles is 1. The van der Waals surface area contributed by atoms with Gasteiger partial charge in [0.15, 0.2) is 5.65 Å². The van der Waals surface area contributed by atoms with Gasteiger partial charge in [-0.2, -0.15) is 5.26 Å². The molecule has 1 aromatic carbocycles. The van der Waals surface area contributed by atoms with Crippen molar-refractivity contribution in [2.45, 2.75) is 44.9 Å². The average molecular weight is 387 g/mol. The maximum absolute atomic E-state index is 12.6. The van der Waals surface area contributed by atoms with Crippen molar-refractivity contribution in [3.05, 3.63) is 41.0 Å². The number of aromatic nitrogens is 2. The first-order valence-corrected chi connectivity index (χ1v) is 10.3. The second-order valence-corrected chi connectivity index (χ2v) is 8.95. The molecule has 5 rings (SSSR count). The Kier molecular flexibility index (Phi) is 3.86. The number of amides is 1. The van der Waals surface area contributed by atoms with E-state index in [9.17, 15) is 10.1 Å². The van der Waals surface area contributed by atoms with Crippen molar-refractivity contribution in [2.75, 3.05) is 18.0 Å². The summed E-state index contributed by atoms with van der Waals surface area (Å²) in [6.07, 6.45) is 3.62. The Morgan fingerprint density at radius 2 is 2.00 bits per heavy atom. The zero-order valence-corrected chi connectivity index (χ0v) is 16.9. The van der Waals surface area contributed by atoms with Gasteiger partial charge >= 0.3 is 0 Å². The molecule has 1 aliphatic heterocycles. The zero-order chi connectivity index (χ0) is 20.3. The van der Waals surface area contributed by atoms with Crippen molar-refractivity contribution in [3.63, 3.8) is 0 Å². The molecule has 3 aromatic rings. The number of anilines is 1. The van der Waals surface area contributed by atoms with E-state index in [0.717, 1.165) is 61.2 Å². The minimum Gasteiger partial charge on any atom is -0.365 e. The first kappa shape index (κ1) is 18.0. The lowest BCUT2D eigenvalue weighted by molar-refractivity contribution is 0.0999. The lowest BCUT2D eigenvalue weighted by Crippen LogP contribution is -2.36. The second-order valence-electron chi connectivity index (χ2n) is 8.95. The largest absolute Gasteiger partial charge is 0.365 e. The van der Waals surface area contributed by atoms with E-state index in [1.165, 1.54) is 5.56 Å². The lowest BCUT2D eigenvalue weighted by Gasteiger charge is -2.34. The zero-order valence-electron chi connectivity index (χ0n) is 16.9. The van der Waals surface area contributed by atoms with E-state index < -0.39 is 5.91 Å². The van der Waals surface area contributed by atoms with Gasteiger partial charge in [0.25, 0.3) is 5.91 Å². The molecule has 29 heavy (non-hydrogen) atoms. The molecule has 1 amide bonds. The number of hydrogen-bond donors (Lipinski definition) is 1. The van der Waals surface area contributed by atoms with Crippen LogP contribution in [0.2, 0.25) is 0 Å². The first-order valence-electron chi connectivity index (χ1n) is 10.3. The molecule has 1 fully saturated rings. The summed E-state index contributed by atoms with van der Waals surface area (Å²) in [5, 5.41) is 9.31. The Balaban J connectivity index is 1.88. The molecule has 148 valence electrons. The van der Waals surface area contributed by atoms with E-state index >= 15 is 0 Å². The van der Waals surface area contributed by atoms with Gasteiger partial charge in [0.05, 0.1) is 22.7 Å². The van der Waals surface area contributed by atoms with Gasteiger partial charge in [-0.15, -0.1) is 0 Å². The Bertz CT molecular complexity index is 1190. The molecular formula is C23H25N5O. The summed E-state index contributed by atoms with van der Waals surface area (Å²) >= 11 is 0. The number of rotatable bonds is 2. The van der Waals surface area contributed by atoms with Crippen LogP contribution < -0.4 is 10.6 Å².